The van der Waals surface area contributed by atoms with Gasteiger partial charge in [-0.05, 0) is 64.5 Å². The number of fused-ring (bicyclic) bond motifs is 1. The van der Waals surface area contributed by atoms with E-state index in [9.17, 15) is 15.3 Å². The van der Waals surface area contributed by atoms with E-state index in [4.69, 9.17) is 15.0 Å². The fourth-order valence-electron chi connectivity index (χ4n) is 5.17. The van der Waals surface area contributed by atoms with E-state index in [1.807, 2.05) is 31.7 Å². The van der Waals surface area contributed by atoms with Crippen LogP contribution in [-0.2, 0) is 0 Å². The highest BCUT2D eigenvalue weighted by molar-refractivity contribution is 7.99. The van der Waals surface area contributed by atoms with E-state index >= 15 is 0 Å². The van der Waals surface area contributed by atoms with Crippen molar-refractivity contribution in [1.29, 1.82) is 0 Å². The summed E-state index contributed by atoms with van der Waals surface area (Å²) in [7, 11) is 0. The summed E-state index contributed by atoms with van der Waals surface area (Å²) in [6.45, 7) is 7.22. The first kappa shape index (κ1) is 25.6. The van der Waals surface area contributed by atoms with Gasteiger partial charge in [0.05, 0.1) is 39.4 Å². The fourth-order valence-corrected chi connectivity index (χ4v) is 7.38. The molecule has 1 saturated carbocycles. The predicted octanol–water partition coefficient (Wildman–Crippen LogP) is 3.37. The number of hydrogen-bond donors (Lipinski definition) is 5. The lowest BCUT2D eigenvalue weighted by Gasteiger charge is -2.28. The van der Waals surface area contributed by atoms with E-state index in [0.29, 0.717) is 24.2 Å². The third kappa shape index (κ3) is 5.04. The van der Waals surface area contributed by atoms with Gasteiger partial charge in [-0.25, -0.2) is 9.97 Å². The largest absolute Gasteiger partial charge is 0.390 e. The van der Waals surface area contributed by atoms with Crippen molar-refractivity contribution in [2.75, 3.05) is 22.1 Å². The Morgan fingerprint density at radius 3 is 2.42 bits per heavy atom. The number of aliphatic hydroxyl groups excluding tert-OH is 2. The van der Waals surface area contributed by atoms with E-state index in [2.05, 4.69) is 15.6 Å². The summed E-state index contributed by atoms with van der Waals surface area (Å²) in [6.07, 6.45) is 2.22. The summed E-state index contributed by atoms with van der Waals surface area (Å²) >= 11 is 3.52. The molecule has 194 valence electrons. The molecule has 36 heavy (non-hydrogen) atoms. The fraction of sp³-hybridized carbons (Fsp3) is 0.600. The number of thioether (sulfide) groups is 1. The third-order valence-electron chi connectivity index (χ3n) is 7.26. The van der Waals surface area contributed by atoms with Crippen molar-refractivity contribution in [3.8, 4) is 10.6 Å². The number of thiazole rings is 1. The minimum absolute atomic E-state index is 0.319. The van der Waals surface area contributed by atoms with E-state index in [1.165, 1.54) is 0 Å². The first-order valence-corrected chi connectivity index (χ1v) is 14.4. The van der Waals surface area contributed by atoms with Gasteiger partial charge in [0.2, 0.25) is 5.95 Å². The van der Waals surface area contributed by atoms with Gasteiger partial charge >= 0.3 is 0 Å². The number of nitrogens with zero attached hydrogens (tertiary/aromatic N) is 4. The molecule has 0 radical (unpaired) electrons. The van der Waals surface area contributed by atoms with E-state index in [-0.39, 0.29) is 0 Å². The smallest absolute Gasteiger partial charge is 0.225 e. The molecule has 0 spiro atoms. The lowest BCUT2D eigenvalue weighted by Crippen LogP contribution is -2.40. The molecule has 0 aromatic carbocycles. The average molecular weight is 531 g/mol. The second-order valence-electron chi connectivity index (χ2n) is 10.4. The molecular weight excluding hydrogens is 496 g/mol. The normalized spacial score (nSPS) is 25.4. The summed E-state index contributed by atoms with van der Waals surface area (Å²) in [4.78, 5) is 18.9. The van der Waals surface area contributed by atoms with Crippen molar-refractivity contribution >= 4 is 45.1 Å². The molecule has 3 aromatic heterocycles. The van der Waals surface area contributed by atoms with Crippen molar-refractivity contribution < 1.29 is 15.3 Å². The molecule has 4 unspecified atom stereocenters. The molecule has 11 heteroatoms. The lowest BCUT2D eigenvalue weighted by molar-refractivity contribution is -0.0601. The van der Waals surface area contributed by atoms with Gasteiger partial charge in [0.15, 0.2) is 0 Å². The molecule has 2 aliphatic rings. The Labute approximate surface area is 219 Å². The standard InChI is InChI=1S/C25H34N6O3S2/c1-12-18(23-30-19-13(2)26-8-5-17(19)36-23)22(31-24(27-12)28-14-6-9-35-10-7-14)29-16-11-15(25(3,4)34)20(32)21(16)33/h5,8,14-16,20-21,32-34H,6-7,9-11H2,1-4H3,(H2,27,28,29,31). The molecule has 5 N–H and O–H groups in total. The Bertz CT molecular complexity index is 1240. The van der Waals surface area contributed by atoms with Crippen LogP contribution >= 0.6 is 23.1 Å². The maximum Gasteiger partial charge on any atom is 0.225 e. The van der Waals surface area contributed by atoms with Gasteiger partial charge in [-0.15, -0.1) is 11.3 Å². The van der Waals surface area contributed by atoms with Crippen LogP contribution in [0.1, 0.15) is 44.5 Å². The number of anilines is 2. The molecule has 4 heterocycles. The molecule has 5 rings (SSSR count). The van der Waals surface area contributed by atoms with Crippen LogP contribution in [0.3, 0.4) is 0 Å². The van der Waals surface area contributed by atoms with Gasteiger partial charge in [0, 0.05) is 18.2 Å². The minimum atomic E-state index is -1.12. The van der Waals surface area contributed by atoms with Gasteiger partial charge in [-0.1, -0.05) is 0 Å². The number of rotatable bonds is 6. The Hall–Kier alpha value is -2.05. The zero-order chi connectivity index (χ0) is 25.6. The molecule has 3 aromatic rings. The lowest BCUT2D eigenvalue weighted by atomic mass is 9.88. The average Bonchev–Trinajstić information content (AvgIpc) is 3.37. The second kappa shape index (κ2) is 10.0. The molecule has 0 bridgehead atoms. The maximum absolute atomic E-state index is 10.9. The predicted molar refractivity (Wildman–Crippen MR) is 146 cm³/mol. The van der Waals surface area contributed by atoms with Gasteiger partial charge in [-0.2, -0.15) is 16.7 Å². The first-order valence-electron chi connectivity index (χ1n) is 12.4. The zero-order valence-corrected chi connectivity index (χ0v) is 22.7. The van der Waals surface area contributed by atoms with Crippen LogP contribution in [0.15, 0.2) is 12.3 Å². The molecule has 1 aliphatic heterocycles. The quantitative estimate of drug-likeness (QED) is 0.323. The second-order valence-corrected chi connectivity index (χ2v) is 12.6. The highest BCUT2D eigenvalue weighted by Crippen LogP contribution is 2.40. The van der Waals surface area contributed by atoms with Crippen molar-refractivity contribution in [3.05, 3.63) is 23.7 Å². The van der Waals surface area contributed by atoms with Gasteiger partial charge in [0.25, 0.3) is 0 Å². The summed E-state index contributed by atoms with van der Waals surface area (Å²) < 4.78 is 1.03. The van der Waals surface area contributed by atoms with E-state index < -0.39 is 29.8 Å². The number of aromatic nitrogens is 4. The van der Waals surface area contributed by atoms with Crippen LogP contribution in [-0.4, -0.2) is 76.7 Å². The first-order chi connectivity index (χ1) is 17.1. The summed E-state index contributed by atoms with van der Waals surface area (Å²) in [5.41, 5.74) is 2.14. The molecule has 4 atom stereocenters. The Morgan fingerprint density at radius 2 is 1.75 bits per heavy atom. The van der Waals surface area contributed by atoms with Gasteiger partial charge in [-0.3, -0.25) is 4.98 Å². The summed E-state index contributed by atoms with van der Waals surface area (Å²) in [6, 6.07) is 1.79. The van der Waals surface area contributed by atoms with Crippen LogP contribution in [0.4, 0.5) is 11.8 Å². The maximum atomic E-state index is 10.9. The van der Waals surface area contributed by atoms with Crippen molar-refractivity contribution in [3.63, 3.8) is 0 Å². The summed E-state index contributed by atoms with van der Waals surface area (Å²) in [5, 5.41) is 39.7. The highest BCUT2D eigenvalue weighted by atomic mass is 32.2. The van der Waals surface area contributed by atoms with Gasteiger partial charge < -0.3 is 26.0 Å². The molecule has 9 nitrogen and oxygen atoms in total. The number of aryl methyl sites for hydroxylation is 2. The SMILES string of the molecule is Cc1nc(NC2CCSCC2)nc(NC2CC(C(C)(C)O)C(O)C2O)c1-c1nc2c(C)nccc2s1. The third-order valence-corrected chi connectivity index (χ3v) is 9.35. The molecule has 2 fully saturated rings. The van der Waals surface area contributed by atoms with Gasteiger partial charge in [0.1, 0.15) is 22.4 Å². The monoisotopic (exact) mass is 530 g/mol. The molecule has 0 amide bonds. The number of nitrogens with one attached hydrogen (secondary N) is 2. The van der Waals surface area contributed by atoms with Crippen LogP contribution in [0, 0.1) is 19.8 Å². The van der Waals surface area contributed by atoms with E-state index in [0.717, 1.165) is 56.5 Å². The molecule has 1 aliphatic carbocycles. The Morgan fingerprint density at radius 1 is 1.00 bits per heavy atom. The minimum Gasteiger partial charge on any atom is -0.390 e. The Kier molecular flexibility index (Phi) is 7.12. The van der Waals surface area contributed by atoms with Crippen molar-refractivity contribution in [2.24, 2.45) is 5.92 Å². The van der Waals surface area contributed by atoms with Crippen LogP contribution in [0.25, 0.3) is 20.8 Å². The number of pyridine rings is 1. The van der Waals surface area contributed by atoms with Crippen LogP contribution in [0.5, 0.6) is 0 Å². The number of aliphatic hydroxyl groups is 3. The molecular formula is C25H34N6O3S2. The topological polar surface area (TPSA) is 136 Å². The highest BCUT2D eigenvalue weighted by Gasteiger charge is 2.48. The van der Waals surface area contributed by atoms with E-state index in [1.54, 1.807) is 31.4 Å². The number of hydrogen-bond acceptors (Lipinski definition) is 11. The zero-order valence-electron chi connectivity index (χ0n) is 21.0. The van der Waals surface area contributed by atoms with Crippen molar-refractivity contribution in [1.82, 2.24) is 19.9 Å². The Balaban J connectivity index is 1.54. The van der Waals surface area contributed by atoms with Crippen LogP contribution < -0.4 is 10.6 Å². The summed E-state index contributed by atoms with van der Waals surface area (Å²) in [5.74, 6) is 2.87. The van der Waals surface area contributed by atoms with Crippen molar-refractivity contribution in [2.45, 2.75) is 76.9 Å². The molecule has 1 saturated heterocycles. The van der Waals surface area contributed by atoms with Crippen LogP contribution in [0.2, 0.25) is 0 Å².